The van der Waals surface area contributed by atoms with Gasteiger partial charge in [-0.15, -0.1) is 11.3 Å². The number of methoxy groups -OCH3 is 1. The van der Waals surface area contributed by atoms with E-state index in [-0.39, 0.29) is 23.7 Å². The number of carbonyl (C=O) groups excluding carboxylic acids is 2. The van der Waals surface area contributed by atoms with Crippen molar-refractivity contribution in [1.82, 2.24) is 10.2 Å². The Morgan fingerprint density at radius 3 is 2.43 bits per heavy atom. The molecule has 2 unspecified atom stereocenters. The highest BCUT2D eigenvalue weighted by Gasteiger charge is 2.47. The topological polar surface area (TPSA) is 71.0 Å². The van der Waals surface area contributed by atoms with Crippen molar-refractivity contribution in [2.75, 3.05) is 20.2 Å². The van der Waals surface area contributed by atoms with E-state index in [9.17, 15) is 22.8 Å². The van der Waals surface area contributed by atoms with Gasteiger partial charge in [-0.3, -0.25) is 14.7 Å². The van der Waals surface area contributed by atoms with E-state index in [4.69, 9.17) is 4.74 Å². The maximum Gasteiger partial charge on any atom is 0.337 e. The number of Topliss-reactive ketones (excluding diaryl/α,β-unsaturated/α-hetero) is 1. The molecule has 0 saturated carbocycles. The normalized spacial score (nSPS) is 21.5. The molecule has 2 atom stereocenters. The molecule has 0 aliphatic carbocycles. The van der Waals surface area contributed by atoms with Gasteiger partial charge in [0.1, 0.15) is 17.4 Å². The third-order valence-corrected chi connectivity index (χ3v) is 6.65. The summed E-state index contributed by atoms with van der Waals surface area (Å²) in [5.74, 6) is -3.42. The zero-order valence-electron chi connectivity index (χ0n) is 20.0. The Labute approximate surface area is 206 Å². The Hall–Kier alpha value is -2.98. The molecule has 1 fully saturated rings. The molecule has 2 aromatic rings. The molecule has 188 valence electrons. The molecular formula is C25H28F3N3O3S. The highest BCUT2D eigenvalue weighted by atomic mass is 32.1. The van der Waals surface area contributed by atoms with Gasteiger partial charge < -0.3 is 10.1 Å². The minimum Gasteiger partial charge on any atom is -0.466 e. The van der Waals surface area contributed by atoms with Crippen molar-refractivity contribution in [2.45, 2.75) is 45.2 Å². The lowest BCUT2D eigenvalue weighted by Gasteiger charge is -2.29. The smallest absolute Gasteiger partial charge is 0.337 e. The molecule has 3 heterocycles. The average Bonchev–Trinajstić information content (AvgIpc) is 3.36. The van der Waals surface area contributed by atoms with Gasteiger partial charge in [0.15, 0.2) is 0 Å². The van der Waals surface area contributed by atoms with E-state index in [1.165, 1.54) is 31.1 Å². The van der Waals surface area contributed by atoms with Crippen LogP contribution in [0.3, 0.4) is 0 Å². The third kappa shape index (κ3) is 6.79. The van der Waals surface area contributed by atoms with E-state index in [2.05, 4.69) is 10.3 Å². The number of rotatable bonds is 5. The molecule has 6 nitrogen and oxygen atoms in total. The second kappa shape index (κ2) is 11.2. The number of ether oxygens (including phenoxy) is 1. The molecule has 35 heavy (non-hydrogen) atoms. The van der Waals surface area contributed by atoms with Crippen LogP contribution in [0.2, 0.25) is 0 Å². The van der Waals surface area contributed by atoms with Crippen LogP contribution in [0, 0.1) is 12.7 Å². The number of hydrogen-bond donors (Lipinski definition) is 1. The van der Waals surface area contributed by atoms with Crippen LogP contribution in [0.15, 0.2) is 58.7 Å². The van der Waals surface area contributed by atoms with Gasteiger partial charge in [-0.25, -0.2) is 18.0 Å². The number of amidine groups is 1. The number of alkyl halides is 2. The molecule has 1 saturated heterocycles. The molecule has 2 aliphatic heterocycles. The number of nitrogens with one attached hydrogen (secondary N) is 1. The van der Waals surface area contributed by atoms with Gasteiger partial charge in [-0.1, -0.05) is 18.2 Å². The first-order valence-electron chi connectivity index (χ1n) is 11.1. The first-order valence-corrected chi connectivity index (χ1v) is 11.9. The molecule has 1 aromatic heterocycles. The van der Waals surface area contributed by atoms with Crippen molar-refractivity contribution >= 4 is 28.9 Å². The van der Waals surface area contributed by atoms with Crippen molar-refractivity contribution in [1.29, 1.82) is 0 Å². The van der Waals surface area contributed by atoms with Crippen molar-refractivity contribution in [3.8, 4) is 0 Å². The number of esters is 1. The van der Waals surface area contributed by atoms with Crippen molar-refractivity contribution < 1.29 is 27.5 Å². The van der Waals surface area contributed by atoms with Crippen LogP contribution in [0.5, 0.6) is 0 Å². The van der Waals surface area contributed by atoms with Crippen LogP contribution >= 0.6 is 11.3 Å². The Kier molecular flexibility index (Phi) is 8.50. The largest absolute Gasteiger partial charge is 0.466 e. The van der Waals surface area contributed by atoms with Gasteiger partial charge in [0.25, 0.3) is 5.92 Å². The predicted molar refractivity (Wildman–Crippen MR) is 129 cm³/mol. The number of carbonyl (C=O) groups is 2. The lowest BCUT2D eigenvalue weighted by molar-refractivity contribution is -0.136. The van der Waals surface area contributed by atoms with Gasteiger partial charge in [-0.2, -0.15) is 0 Å². The average molecular weight is 508 g/mol. The number of aliphatic imine (C=N–C) groups is 1. The molecule has 0 spiro atoms. The monoisotopic (exact) mass is 507 g/mol. The third-order valence-electron chi connectivity index (χ3n) is 5.64. The summed E-state index contributed by atoms with van der Waals surface area (Å²) in [5.41, 5.74) is 0.733. The lowest BCUT2D eigenvalue weighted by atomic mass is 10.0. The Balaban J connectivity index is 0.000000420. The maximum atomic E-state index is 14.0. The lowest BCUT2D eigenvalue weighted by Crippen LogP contribution is -2.43. The number of halogens is 3. The number of thiophene rings is 1. The predicted octanol–water partition coefficient (Wildman–Crippen LogP) is 4.35. The van der Waals surface area contributed by atoms with E-state index in [0.717, 1.165) is 9.75 Å². The van der Waals surface area contributed by atoms with Crippen molar-refractivity contribution in [2.24, 2.45) is 4.99 Å². The summed E-state index contributed by atoms with van der Waals surface area (Å²) in [6.45, 7) is 4.52. The number of benzene rings is 1. The number of likely N-dealkylation sites (tertiary alicyclic amines) is 1. The molecule has 0 radical (unpaired) electrons. The molecule has 2 aliphatic rings. The van der Waals surface area contributed by atoms with Gasteiger partial charge in [0, 0.05) is 23.5 Å². The minimum atomic E-state index is -2.94. The summed E-state index contributed by atoms with van der Waals surface area (Å²) in [7, 11) is 1.27. The Morgan fingerprint density at radius 1 is 1.23 bits per heavy atom. The second-order valence-corrected chi connectivity index (χ2v) is 9.75. The van der Waals surface area contributed by atoms with E-state index in [1.807, 2.05) is 19.1 Å². The zero-order chi connectivity index (χ0) is 25.8. The Morgan fingerprint density at radius 2 is 1.91 bits per heavy atom. The fraction of sp³-hybridized carbons (Fsp3) is 0.400. The van der Waals surface area contributed by atoms with Crippen LogP contribution < -0.4 is 5.32 Å². The molecule has 0 bridgehead atoms. The summed E-state index contributed by atoms with van der Waals surface area (Å²) in [6.07, 6.45) is -0.510. The summed E-state index contributed by atoms with van der Waals surface area (Å²) in [5, 5.41) is 3.13. The second-order valence-electron chi connectivity index (χ2n) is 8.46. The molecule has 1 N–H and O–H groups in total. The molecule has 4 rings (SSSR count). The SMILES string of the molecule is COC(=O)C1=C(CN2CC(F)(F)CC2C(C)=O)NC(c2ccc(C)s2)=NC1C.Fc1ccccc1. The number of ketones is 1. The van der Waals surface area contributed by atoms with Crippen LogP contribution in [0.4, 0.5) is 13.2 Å². The molecule has 10 heteroatoms. The molecular weight excluding hydrogens is 479 g/mol. The van der Waals surface area contributed by atoms with E-state index in [1.54, 1.807) is 36.5 Å². The number of hydrogen-bond acceptors (Lipinski definition) is 7. The fourth-order valence-electron chi connectivity index (χ4n) is 4.04. The van der Waals surface area contributed by atoms with Gasteiger partial charge >= 0.3 is 5.97 Å². The quantitative estimate of drug-likeness (QED) is 0.610. The van der Waals surface area contributed by atoms with Gasteiger partial charge in [0.05, 0.1) is 36.2 Å². The summed E-state index contributed by atoms with van der Waals surface area (Å²) in [6, 6.07) is 10.4. The van der Waals surface area contributed by atoms with Gasteiger partial charge in [0.2, 0.25) is 0 Å². The van der Waals surface area contributed by atoms with Crippen LogP contribution in [-0.2, 0) is 14.3 Å². The standard InChI is InChI=1S/C19H23F2N3O3S.C6H5F/c1-10-5-6-15(28-10)17-22-11(2)16(18(26)27-4)13(23-17)8-24-9-19(20,21)7-14(24)12(3)25;7-6-4-2-1-3-5-6/h5-6,11,14H,7-9H2,1-4H3,(H,22,23);1-5H. The summed E-state index contributed by atoms with van der Waals surface area (Å²) < 4.78 is 44.7. The van der Waals surface area contributed by atoms with Crippen LogP contribution in [0.1, 0.15) is 30.0 Å². The van der Waals surface area contributed by atoms with Crippen molar-refractivity contribution in [3.63, 3.8) is 0 Å². The van der Waals surface area contributed by atoms with Gasteiger partial charge in [-0.05, 0) is 45.0 Å². The van der Waals surface area contributed by atoms with Crippen molar-refractivity contribution in [3.05, 3.63) is 69.3 Å². The molecule has 1 aromatic carbocycles. The van der Waals surface area contributed by atoms with E-state index >= 15 is 0 Å². The minimum absolute atomic E-state index is 0.0119. The van der Waals surface area contributed by atoms with E-state index in [0.29, 0.717) is 11.5 Å². The van der Waals surface area contributed by atoms with Crippen LogP contribution in [0.25, 0.3) is 0 Å². The summed E-state index contributed by atoms with van der Waals surface area (Å²) in [4.78, 5) is 32.2. The highest BCUT2D eigenvalue weighted by molar-refractivity contribution is 7.14. The summed E-state index contributed by atoms with van der Waals surface area (Å²) >= 11 is 1.54. The first-order chi connectivity index (χ1) is 16.5. The first kappa shape index (κ1) is 26.6. The van der Waals surface area contributed by atoms with E-state index < -0.39 is 36.9 Å². The number of nitrogens with zero attached hydrogens (tertiary/aromatic N) is 2. The zero-order valence-corrected chi connectivity index (χ0v) is 20.8. The van der Waals surface area contributed by atoms with Crippen LogP contribution in [-0.4, -0.2) is 60.7 Å². The maximum absolute atomic E-state index is 14.0. The highest BCUT2D eigenvalue weighted by Crippen LogP contribution is 2.33. The Bertz CT molecular complexity index is 1130. The molecule has 0 amide bonds. The number of aryl methyl sites for hydroxylation is 1. The fourth-order valence-corrected chi connectivity index (χ4v) is 4.86.